The molecule has 0 unspecified atom stereocenters. The van der Waals surface area contributed by atoms with E-state index in [1.807, 2.05) is 17.0 Å². The predicted octanol–water partition coefficient (Wildman–Crippen LogP) is 2.41. The van der Waals surface area contributed by atoms with Gasteiger partial charge in [0.05, 0.1) is 5.92 Å². The Labute approximate surface area is 155 Å². The van der Waals surface area contributed by atoms with E-state index >= 15 is 0 Å². The van der Waals surface area contributed by atoms with Gasteiger partial charge in [0.2, 0.25) is 5.91 Å². The molecule has 0 radical (unpaired) electrons. The van der Waals surface area contributed by atoms with Crippen molar-refractivity contribution >= 4 is 11.8 Å². The molecule has 3 saturated heterocycles. The number of carbonyl (C=O) groups is 2. The highest BCUT2D eigenvalue weighted by molar-refractivity contribution is 5.95. The Morgan fingerprint density at radius 2 is 1.77 bits per heavy atom. The maximum absolute atomic E-state index is 13.0. The summed E-state index contributed by atoms with van der Waals surface area (Å²) < 4.78 is 0. The minimum absolute atomic E-state index is 0.0511. The van der Waals surface area contributed by atoms with Gasteiger partial charge in [0.15, 0.2) is 0 Å². The zero-order valence-electron chi connectivity index (χ0n) is 15.5. The Morgan fingerprint density at radius 3 is 2.54 bits per heavy atom. The summed E-state index contributed by atoms with van der Waals surface area (Å²) in [5.41, 5.74) is 2.01. The molecule has 1 aromatic rings. The molecule has 3 aliphatic heterocycles. The minimum atomic E-state index is -0.0511. The number of nitrogens with one attached hydrogen (secondary N) is 1. The number of carbonyl (C=O) groups excluding carboxylic acids is 2. The highest BCUT2D eigenvalue weighted by Crippen LogP contribution is 2.23. The number of hydrogen-bond acceptors (Lipinski definition) is 3. The van der Waals surface area contributed by atoms with Gasteiger partial charge in [-0.1, -0.05) is 25.0 Å². The second-order valence-electron chi connectivity index (χ2n) is 8.08. The van der Waals surface area contributed by atoms with Crippen LogP contribution in [-0.4, -0.2) is 53.8 Å². The molecule has 1 N–H and O–H groups in total. The molecule has 3 fully saturated rings. The summed E-state index contributed by atoms with van der Waals surface area (Å²) in [6.45, 7) is 4.52. The van der Waals surface area contributed by atoms with Crippen LogP contribution in [0, 0.1) is 5.92 Å². The third-order valence-electron chi connectivity index (χ3n) is 6.05. The van der Waals surface area contributed by atoms with Gasteiger partial charge < -0.3 is 10.2 Å². The molecule has 2 amide bonds. The maximum Gasteiger partial charge on any atom is 0.253 e. The standard InChI is InChI=1S/C21H29N3O2/c25-20-18-5-4-6-19(22-20)15-24(14-18)21(26)17-9-7-16(8-10-17)13-23-11-2-1-3-12-23/h7-10,18-19H,1-6,11-15H2,(H,22,25)/t18-,19-/m1/s1. The third-order valence-corrected chi connectivity index (χ3v) is 6.05. The Balaban J connectivity index is 1.42. The average molecular weight is 355 g/mol. The normalized spacial score (nSPS) is 26.9. The van der Waals surface area contributed by atoms with Crippen molar-refractivity contribution in [2.24, 2.45) is 5.92 Å². The van der Waals surface area contributed by atoms with Gasteiger partial charge in [0, 0.05) is 31.2 Å². The van der Waals surface area contributed by atoms with Crippen molar-refractivity contribution in [3.63, 3.8) is 0 Å². The van der Waals surface area contributed by atoms with Crippen LogP contribution < -0.4 is 5.32 Å². The van der Waals surface area contributed by atoms with Crippen molar-refractivity contribution in [2.45, 2.75) is 51.1 Å². The first-order valence-electron chi connectivity index (χ1n) is 10.1. The van der Waals surface area contributed by atoms with E-state index in [1.165, 1.54) is 37.9 Å². The van der Waals surface area contributed by atoms with Crippen LogP contribution in [0.15, 0.2) is 24.3 Å². The van der Waals surface area contributed by atoms with Crippen molar-refractivity contribution in [1.29, 1.82) is 0 Å². The van der Waals surface area contributed by atoms with E-state index in [0.717, 1.165) is 31.4 Å². The second-order valence-corrected chi connectivity index (χ2v) is 8.08. The first-order chi connectivity index (χ1) is 12.7. The highest BCUT2D eigenvalue weighted by atomic mass is 16.2. The first-order valence-corrected chi connectivity index (χ1v) is 10.1. The monoisotopic (exact) mass is 355 g/mol. The zero-order chi connectivity index (χ0) is 17.9. The lowest BCUT2D eigenvalue weighted by Gasteiger charge is -2.28. The number of amides is 2. The molecule has 3 heterocycles. The van der Waals surface area contributed by atoms with E-state index in [0.29, 0.717) is 13.1 Å². The molecule has 0 spiro atoms. The van der Waals surface area contributed by atoms with Gasteiger partial charge in [-0.05, 0) is 56.5 Å². The molecule has 4 rings (SSSR count). The lowest BCUT2D eigenvalue weighted by molar-refractivity contribution is -0.124. The fourth-order valence-electron chi connectivity index (χ4n) is 4.53. The van der Waals surface area contributed by atoms with E-state index in [9.17, 15) is 9.59 Å². The Kier molecular flexibility index (Phi) is 5.25. The van der Waals surface area contributed by atoms with Gasteiger partial charge in [0.1, 0.15) is 0 Å². The van der Waals surface area contributed by atoms with Crippen molar-refractivity contribution in [3.8, 4) is 0 Å². The fraction of sp³-hybridized carbons (Fsp3) is 0.619. The molecule has 2 bridgehead atoms. The summed E-state index contributed by atoms with van der Waals surface area (Å²) in [7, 11) is 0. The number of fused-ring (bicyclic) bond motifs is 3. The van der Waals surface area contributed by atoms with E-state index in [-0.39, 0.29) is 23.8 Å². The van der Waals surface area contributed by atoms with Crippen molar-refractivity contribution < 1.29 is 9.59 Å². The van der Waals surface area contributed by atoms with Crippen LogP contribution in [0.1, 0.15) is 54.4 Å². The molecule has 5 nitrogen and oxygen atoms in total. The molecule has 3 aliphatic rings. The molecular weight excluding hydrogens is 326 g/mol. The van der Waals surface area contributed by atoms with Crippen molar-refractivity contribution in [3.05, 3.63) is 35.4 Å². The van der Waals surface area contributed by atoms with E-state index < -0.39 is 0 Å². The molecule has 26 heavy (non-hydrogen) atoms. The van der Waals surface area contributed by atoms with Gasteiger partial charge in [0.25, 0.3) is 5.91 Å². The summed E-state index contributed by atoms with van der Waals surface area (Å²) in [5, 5.41) is 3.09. The van der Waals surface area contributed by atoms with Crippen LogP contribution in [0.2, 0.25) is 0 Å². The molecular formula is C21H29N3O2. The predicted molar refractivity (Wildman–Crippen MR) is 101 cm³/mol. The number of likely N-dealkylation sites (tertiary alicyclic amines) is 2. The van der Waals surface area contributed by atoms with Crippen LogP contribution in [0.3, 0.4) is 0 Å². The van der Waals surface area contributed by atoms with Gasteiger partial charge >= 0.3 is 0 Å². The Hall–Kier alpha value is -1.88. The molecule has 0 saturated carbocycles. The smallest absolute Gasteiger partial charge is 0.253 e. The Morgan fingerprint density at radius 1 is 1.00 bits per heavy atom. The quantitative estimate of drug-likeness (QED) is 0.906. The van der Waals surface area contributed by atoms with Gasteiger partial charge in [-0.3, -0.25) is 14.5 Å². The summed E-state index contributed by atoms with van der Waals surface area (Å²) in [4.78, 5) is 29.5. The first kappa shape index (κ1) is 17.5. The largest absolute Gasteiger partial charge is 0.351 e. The number of piperidine rings is 1. The maximum atomic E-state index is 13.0. The topological polar surface area (TPSA) is 52.7 Å². The van der Waals surface area contributed by atoms with Crippen molar-refractivity contribution in [2.75, 3.05) is 26.2 Å². The lowest BCUT2D eigenvalue weighted by Crippen LogP contribution is -2.41. The van der Waals surface area contributed by atoms with Gasteiger partial charge in [-0.2, -0.15) is 0 Å². The Bertz CT molecular complexity index is 652. The molecule has 5 heteroatoms. The van der Waals surface area contributed by atoms with Crippen molar-refractivity contribution in [1.82, 2.24) is 15.1 Å². The minimum Gasteiger partial charge on any atom is -0.351 e. The molecule has 2 atom stereocenters. The number of hydrogen-bond donors (Lipinski definition) is 1. The van der Waals surface area contributed by atoms with E-state index in [4.69, 9.17) is 0 Å². The molecule has 0 aliphatic carbocycles. The third kappa shape index (κ3) is 3.93. The van der Waals surface area contributed by atoms with E-state index in [2.05, 4.69) is 22.3 Å². The summed E-state index contributed by atoms with van der Waals surface area (Å²) in [6.07, 6.45) is 6.86. The lowest BCUT2D eigenvalue weighted by atomic mass is 9.98. The van der Waals surface area contributed by atoms with E-state index in [1.54, 1.807) is 0 Å². The number of rotatable bonds is 3. The van der Waals surface area contributed by atoms with Crippen LogP contribution in [0.5, 0.6) is 0 Å². The summed E-state index contributed by atoms with van der Waals surface area (Å²) in [5.74, 6) is 0.132. The number of benzene rings is 1. The second kappa shape index (κ2) is 7.78. The van der Waals surface area contributed by atoms with Crippen LogP contribution in [-0.2, 0) is 11.3 Å². The molecule has 140 valence electrons. The van der Waals surface area contributed by atoms with Gasteiger partial charge in [-0.15, -0.1) is 0 Å². The summed E-state index contributed by atoms with van der Waals surface area (Å²) >= 11 is 0. The molecule has 1 aromatic carbocycles. The zero-order valence-corrected chi connectivity index (χ0v) is 15.5. The van der Waals surface area contributed by atoms with Gasteiger partial charge in [-0.25, -0.2) is 0 Å². The van der Waals surface area contributed by atoms with Crippen LogP contribution in [0.25, 0.3) is 0 Å². The summed E-state index contributed by atoms with van der Waals surface area (Å²) in [6, 6.07) is 8.19. The highest BCUT2D eigenvalue weighted by Gasteiger charge is 2.34. The van der Waals surface area contributed by atoms with Crippen LogP contribution >= 0.6 is 0 Å². The van der Waals surface area contributed by atoms with Crippen LogP contribution in [0.4, 0.5) is 0 Å². The molecule has 0 aromatic heterocycles. The fourth-order valence-corrected chi connectivity index (χ4v) is 4.53. The average Bonchev–Trinajstić information content (AvgIpc) is 2.91. The SMILES string of the molecule is O=C1N[C@@H]2CCC[C@@H]1CN(C(=O)c1ccc(CN3CCCCC3)cc1)C2. The number of nitrogens with zero attached hydrogens (tertiary/aromatic N) is 2.